The second-order valence-corrected chi connectivity index (χ2v) is 11.4. The number of ether oxygens (including phenoxy) is 2. The quantitative estimate of drug-likeness (QED) is 0.505. The predicted octanol–water partition coefficient (Wildman–Crippen LogP) is 4.53. The maximum Gasteiger partial charge on any atom is 0.321 e. The molecule has 39 heavy (non-hydrogen) atoms. The minimum Gasteiger partial charge on any atom is -0.497 e. The highest BCUT2D eigenvalue weighted by molar-refractivity contribution is 5.90. The summed E-state index contributed by atoms with van der Waals surface area (Å²) >= 11 is 0. The number of likely N-dealkylation sites (tertiary alicyclic amines) is 1. The van der Waals surface area contributed by atoms with Gasteiger partial charge in [-0.25, -0.2) is 4.79 Å². The van der Waals surface area contributed by atoms with E-state index in [1.807, 2.05) is 41.3 Å². The first kappa shape index (κ1) is 26.2. The summed E-state index contributed by atoms with van der Waals surface area (Å²) in [5.74, 6) is 1.40. The highest BCUT2D eigenvalue weighted by atomic mass is 16.5. The molecule has 1 aromatic heterocycles. The van der Waals surface area contributed by atoms with Gasteiger partial charge in [0.2, 0.25) is 0 Å². The monoisotopic (exact) mass is 532 g/mol. The van der Waals surface area contributed by atoms with Crippen LogP contribution in [0.1, 0.15) is 43.0 Å². The number of rotatable bonds is 5. The van der Waals surface area contributed by atoms with Crippen molar-refractivity contribution in [3.63, 3.8) is 0 Å². The van der Waals surface area contributed by atoms with Crippen LogP contribution in [0.15, 0.2) is 48.5 Å². The lowest BCUT2D eigenvalue weighted by molar-refractivity contribution is 0.0125. The van der Waals surface area contributed by atoms with Crippen molar-refractivity contribution in [2.45, 2.75) is 37.1 Å². The molecule has 2 fully saturated rings. The van der Waals surface area contributed by atoms with Gasteiger partial charge in [0.05, 0.1) is 25.3 Å². The van der Waals surface area contributed by atoms with Crippen LogP contribution < -0.4 is 10.1 Å². The van der Waals surface area contributed by atoms with Gasteiger partial charge in [-0.3, -0.25) is 4.90 Å². The number of urea groups is 1. The smallest absolute Gasteiger partial charge is 0.321 e. The molecule has 8 heteroatoms. The number of hydrogen-bond donors (Lipinski definition) is 2. The highest BCUT2D eigenvalue weighted by Gasteiger charge is 2.48. The lowest BCUT2D eigenvalue weighted by atomic mass is 9.68. The van der Waals surface area contributed by atoms with E-state index < -0.39 is 0 Å². The Morgan fingerprint density at radius 1 is 1.13 bits per heavy atom. The summed E-state index contributed by atoms with van der Waals surface area (Å²) in [5.41, 5.74) is 4.42. The van der Waals surface area contributed by atoms with E-state index in [4.69, 9.17) is 9.47 Å². The van der Waals surface area contributed by atoms with Crippen molar-refractivity contribution in [1.82, 2.24) is 14.4 Å². The topological polar surface area (TPSA) is 79.2 Å². The Labute approximate surface area is 230 Å². The molecule has 1 spiro atoms. The van der Waals surface area contributed by atoms with E-state index in [0.29, 0.717) is 19.0 Å². The van der Waals surface area contributed by atoms with Gasteiger partial charge in [-0.2, -0.15) is 0 Å². The van der Waals surface area contributed by atoms with Gasteiger partial charge in [0.1, 0.15) is 5.75 Å². The zero-order valence-corrected chi connectivity index (χ0v) is 23.1. The standard InChI is InChI=1S/C31H40N4O4/c1-33-26-18-24(38-2)8-9-25(26)28-29(33)27(20-36)35(19-22-10-16-39-17-11-22)21-31(28)12-14-34(15-13-31)30(37)32-23-6-4-3-5-7-23/h3-9,18,22,27,36H,10-17,19-21H2,1-2H3,(H,32,37)/t27-/m0/s1. The van der Waals surface area contributed by atoms with Crippen molar-refractivity contribution in [2.75, 3.05) is 58.4 Å². The maximum atomic E-state index is 13.1. The van der Waals surface area contributed by atoms with Gasteiger partial charge in [0.15, 0.2) is 0 Å². The Morgan fingerprint density at radius 3 is 2.56 bits per heavy atom. The molecule has 2 amide bonds. The molecule has 6 rings (SSSR count). The number of aliphatic hydroxyl groups is 1. The molecule has 3 aliphatic heterocycles. The van der Waals surface area contributed by atoms with Crippen molar-refractivity contribution in [3.8, 4) is 5.75 Å². The van der Waals surface area contributed by atoms with Crippen molar-refractivity contribution >= 4 is 22.6 Å². The summed E-state index contributed by atoms with van der Waals surface area (Å²) < 4.78 is 13.5. The number of methoxy groups -OCH3 is 1. The largest absolute Gasteiger partial charge is 0.497 e. The van der Waals surface area contributed by atoms with Gasteiger partial charge in [0, 0.05) is 74.7 Å². The number of anilines is 1. The number of amides is 2. The third kappa shape index (κ3) is 4.79. The molecule has 2 N–H and O–H groups in total. The molecule has 208 valence electrons. The van der Waals surface area contributed by atoms with E-state index in [1.54, 1.807) is 7.11 Å². The summed E-state index contributed by atoms with van der Waals surface area (Å²) in [7, 11) is 3.82. The van der Waals surface area contributed by atoms with Crippen molar-refractivity contribution in [3.05, 3.63) is 59.8 Å². The number of nitrogens with one attached hydrogen (secondary N) is 1. The first-order valence-corrected chi connectivity index (χ1v) is 14.2. The number of nitrogens with zero attached hydrogens (tertiary/aromatic N) is 3. The van der Waals surface area contributed by atoms with Gasteiger partial charge in [-0.15, -0.1) is 0 Å². The fourth-order valence-corrected chi connectivity index (χ4v) is 7.19. The third-order valence-electron chi connectivity index (χ3n) is 9.28. The predicted molar refractivity (Wildman–Crippen MR) is 152 cm³/mol. The maximum absolute atomic E-state index is 13.1. The van der Waals surface area contributed by atoms with Crippen molar-refractivity contribution in [2.24, 2.45) is 13.0 Å². The first-order valence-electron chi connectivity index (χ1n) is 14.2. The van der Waals surface area contributed by atoms with Crippen molar-refractivity contribution < 1.29 is 19.4 Å². The number of aryl methyl sites for hydroxylation is 1. The Bertz CT molecular complexity index is 1310. The number of fused-ring (bicyclic) bond motifs is 4. The number of para-hydroxylation sites is 1. The van der Waals surface area contributed by atoms with Crippen LogP contribution >= 0.6 is 0 Å². The molecule has 4 heterocycles. The Hall–Kier alpha value is -3.07. The normalized spacial score (nSPS) is 21.7. The van der Waals surface area contributed by atoms with Crippen molar-refractivity contribution in [1.29, 1.82) is 0 Å². The number of aromatic nitrogens is 1. The molecular weight excluding hydrogens is 492 g/mol. The number of carbonyl (C=O) groups excluding carboxylic acids is 1. The zero-order valence-electron chi connectivity index (χ0n) is 23.1. The molecule has 3 aliphatic rings. The Balaban J connectivity index is 1.35. The molecule has 0 saturated carbocycles. The Morgan fingerprint density at radius 2 is 1.87 bits per heavy atom. The fourth-order valence-electron chi connectivity index (χ4n) is 7.19. The molecule has 2 aromatic carbocycles. The highest BCUT2D eigenvalue weighted by Crippen LogP contribution is 2.50. The van der Waals surface area contributed by atoms with Gasteiger partial charge < -0.3 is 29.4 Å². The van der Waals surface area contributed by atoms with Gasteiger partial charge in [0.25, 0.3) is 0 Å². The average Bonchev–Trinajstić information content (AvgIpc) is 3.27. The Kier molecular flexibility index (Phi) is 7.27. The summed E-state index contributed by atoms with van der Waals surface area (Å²) in [4.78, 5) is 17.6. The van der Waals surface area contributed by atoms with E-state index in [2.05, 4.69) is 34.0 Å². The van der Waals surface area contributed by atoms with Gasteiger partial charge in [-0.05, 0) is 61.4 Å². The van der Waals surface area contributed by atoms with Crippen LogP contribution in [0.4, 0.5) is 10.5 Å². The second kappa shape index (κ2) is 10.8. The summed E-state index contributed by atoms with van der Waals surface area (Å²) in [6.45, 7) is 4.95. The SMILES string of the molecule is COc1ccc2c3c(n(C)c2c1)[C@H](CO)N(CC1CCOCC1)CC31CCN(C(=O)Nc2ccccc2)CC1. The number of piperidine rings is 1. The first-order chi connectivity index (χ1) is 19.0. The fraction of sp³-hybridized carbons (Fsp3) is 0.516. The van der Waals surface area contributed by atoms with E-state index in [-0.39, 0.29) is 24.1 Å². The molecule has 8 nitrogen and oxygen atoms in total. The van der Waals surface area contributed by atoms with Crippen LogP contribution in [0, 0.1) is 5.92 Å². The molecule has 1 atom stereocenters. The minimum atomic E-state index is -0.0935. The molecule has 2 saturated heterocycles. The van der Waals surface area contributed by atoms with Crippen LogP contribution in [-0.4, -0.2) is 78.6 Å². The van der Waals surface area contributed by atoms with Crippen LogP contribution in [-0.2, 0) is 17.2 Å². The zero-order chi connectivity index (χ0) is 27.0. The van der Waals surface area contributed by atoms with Crippen LogP contribution in [0.5, 0.6) is 5.75 Å². The van der Waals surface area contributed by atoms with Crippen LogP contribution in [0.2, 0.25) is 0 Å². The molecule has 0 radical (unpaired) electrons. The van der Waals surface area contributed by atoms with Crippen LogP contribution in [0.3, 0.4) is 0 Å². The van der Waals surface area contributed by atoms with E-state index in [0.717, 1.165) is 68.9 Å². The van der Waals surface area contributed by atoms with E-state index in [9.17, 15) is 9.90 Å². The minimum absolute atomic E-state index is 0.0398. The molecule has 0 unspecified atom stereocenters. The van der Waals surface area contributed by atoms with Crippen LogP contribution in [0.25, 0.3) is 10.9 Å². The molecular formula is C31H40N4O4. The number of aliphatic hydroxyl groups excluding tert-OH is 1. The third-order valence-corrected chi connectivity index (χ3v) is 9.28. The van der Waals surface area contributed by atoms with Gasteiger partial charge in [-0.1, -0.05) is 18.2 Å². The molecule has 0 aliphatic carbocycles. The van der Waals surface area contributed by atoms with E-state index in [1.165, 1.54) is 16.6 Å². The number of carbonyl (C=O) groups is 1. The van der Waals surface area contributed by atoms with Gasteiger partial charge >= 0.3 is 6.03 Å². The molecule has 3 aromatic rings. The second-order valence-electron chi connectivity index (χ2n) is 11.4. The molecule has 0 bridgehead atoms. The summed E-state index contributed by atoms with van der Waals surface area (Å²) in [6.07, 6.45) is 3.90. The summed E-state index contributed by atoms with van der Waals surface area (Å²) in [5, 5.41) is 15.1. The average molecular weight is 533 g/mol. The number of hydrogen-bond acceptors (Lipinski definition) is 5. The number of benzene rings is 2. The van der Waals surface area contributed by atoms with E-state index >= 15 is 0 Å². The lowest BCUT2D eigenvalue weighted by Gasteiger charge is -2.51. The summed E-state index contributed by atoms with van der Waals surface area (Å²) in [6, 6.07) is 15.9. The lowest BCUT2D eigenvalue weighted by Crippen LogP contribution is -2.56.